The monoisotopic (exact) mass is 919 g/mol. The quantitative estimate of drug-likeness (QED) is 0.166. The summed E-state index contributed by atoms with van der Waals surface area (Å²) in [5.41, 5.74) is 13.2. The van der Waals surface area contributed by atoms with Crippen LogP contribution in [0.5, 0.6) is 0 Å². The van der Waals surface area contributed by atoms with Crippen molar-refractivity contribution in [1.29, 1.82) is 5.26 Å². The zero-order valence-electron chi connectivity index (χ0n) is 38.4. The van der Waals surface area contributed by atoms with Crippen molar-refractivity contribution in [2.24, 2.45) is 0 Å². The van der Waals surface area contributed by atoms with E-state index in [2.05, 4.69) is 159 Å². The molecule has 0 bridgehead atoms. The zero-order valence-corrected chi connectivity index (χ0v) is 38.4. The third-order valence-electron chi connectivity index (χ3n) is 14.3. The number of rotatable bonds is 6. The van der Waals surface area contributed by atoms with E-state index < -0.39 is 0 Å². The van der Waals surface area contributed by atoms with Gasteiger partial charge in [-0.2, -0.15) is 5.26 Å². The number of furan rings is 1. The lowest BCUT2D eigenvalue weighted by Gasteiger charge is -2.14. The summed E-state index contributed by atoms with van der Waals surface area (Å²) >= 11 is 0. The molecule has 15 aromatic rings. The minimum absolute atomic E-state index is 0.384. The minimum atomic E-state index is 0.384. The van der Waals surface area contributed by atoms with Gasteiger partial charge >= 0.3 is 0 Å². The van der Waals surface area contributed by atoms with E-state index in [1.807, 2.05) is 84.9 Å². The summed E-state index contributed by atoms with van der Waals surface area (Å²) in [7, 11) is 0. The molecule has 72 heavy (non-hydrogen) atoms. The van der Waals surface area contributed by atoms with Gasteiger partial charge in [-0.1, -0.05) is 152 Å². The number of benzene rings is 10. The number of fused-ring (bicyclic) bond motifs is 12. The van der Waals surface area contributed by atoms with E-state index in [1.165, 1.54) is 10.8 Å². The van der Waals surface area contributed by atoms with Crippen molar-refractivity contribution in [3.63, 3.8) is 0 Å². The summed E-state index contributed by atoms with van der Waals surface area (Å²) in [6, 6.07) is 80.3. The number of nitriles is 1. The Kier molecular flexibility index (Phi) is 8.55. The molecule has 0 aliphatic carbocycles. The van der Waals surface area contributed by atoms with Crippen LogP contribution in [0.3, 0.4) is 0 Å². The highest BCUT2D eigenvalue weighted by Gasteiger charge is 2.27. The van der Waals surface area contributed by atoms with Crippen LogP contribution in [0.2, 0.25) is 0 Å². The normalized spacial score (nSPS) is 11.9. The van der Waals surface area contributed by atoms with Gasteiger partial charge < -0.3 is 18.1 Å². The smallest absolute Gasteiger partial charge is 0.166 e. The van der Waals surface area contributed by atoms with Crippen LogP contribution in [0.25, 0.3) is 139 Å². The maximum Gasteiger partial charge on any atom is 0.166 e. The molecular formula is C64H37N7O. The van der Waals surface area contributed by atoms with E-state index in [1.54, 1.807) is 0 Å². The Bertz CT molecular complexity index is 4640. The maximum atomic E-state index is 11.5. The van der Waals surface area contributed by atoms with Gasteiger partial charge in [0.25, 0.3) is 0 Å². The molecule has 10 aromatic carbocycles. The minimum Gasteiger partial charge on any atom is -0.454 e. The predicted molar refractivity (Wildman–Crippen MR) is 291 cm³/mol. The van der Waals surface area contributed by atoms with Crippen molar-refractivity contribution in [2.75, 3.05) is 0 Å². The molecule has 0 unspecified atom stereocenters. The Hall–Kier alpha value is -10.1. The largest absolute Gasteiger partial charge is 0.454 e. The van der Waals surface area contributed by atoms with Gasteiger partial charge in [-0.15, -0.1) is 0 Å². The fraction of sp³-hybridized carbons (Fsp3) is 0. The second-order valence-electron chi connectivity index (χ2n) is 18.3. The van der Waals surface area contributed by atoms with E-state index in [0.29, 0.717) is 39.8 Å². The molecule has 0 N–H and O–H groups in total. The third-order valence-corrected chi connectivity index (χ3v) is 14.3. The van der Waals surface area contributed by atoms with Crippen molar-refractivity contribution >= 4 is 87.4 Å². The van der Waals surface area contributed by atoms with E-state index in [0.717, 1.165) is 93.6 Å². The van der Waals surface area contributed by atoms with Crippen LogP contribution >= 0.6 is 0 Å². The highest BCUT2D eigenvalue weighted by Crippen LogP contribution is 2.46. The number of hydrogen-bond donors (Lipinski definition) is 0. The Morgan fingerprint density at radius 1 is 0.361 bits per heavy atom. The van der Waals surface area contributed by atoms with Crippen molar-refractivity contribution in [3.8, 4) is 57.3 Å². The lowest BCUT2D eigenvalue weighted by atomic mass is 9.98. The molecule has 0 saturated heterocycles. The summed E-state index contributed by atoms with van der Waals surface area (Å²) in [5.74, 6) is 1.40. The molecule has 0 amide bonds. The van der Waals surface area contributed by atoms with E-state index >= 15 is 0 Å². The number of para-hydroxylation sites is 5. The van der Waals surface area contributed by atoms with Gasteiger partial charge in [0.2, 0.25) is 0 Å². The van der Waals surface area contributed by atoms with Crippen LogP contribution in [0.4, 0.5) is 0 Å². The summed E-state index contributed by atoms with van der Waals surface area (Å²) in [6.45, 7) is 0. The molecule has 5 heterocycles. The Morgan fingerprint density at radius 2 is 0.833 bits per heavy atom. The van der Waals surface area contributed by atoms with E-state index in [4.69, 9.17) is 19.4 Å². The van der Waals surface area contributed by atoms with Gasteiger partial charge in [-0.25, -0.2) is 15.0 Å². The Balaban J connectivity index is 1.08. The fourth-order valence-electron chi connectivity index (χ4n) is 11.2. The van der Waals surface area contributed by atoms with Gasteiger partial charge in [0, 0.05) is 71.2 Å². The summed E-state index contributed by atoms with van der Waals surface area (Å²) in [4.78, 5) is 15.4. The average molecular weight is 920 g/mol. The SMILES string of the molecule is N#Cc1cc(-n2c3ccc(-n4c5ccccc5c5ccccc54)cc3c3cc4c5ccccc5n(-c5ccccc5)c4cc32)c2oc3ccccc3c2c1-c1nc(-c2ccccc2)nc(-c2ccccc2)n1. The Labute approximate surface area is 411 Å². The average Bonchev–Trinajstić information content (AvgIpc) is 4.19. The lowest BCUT2D eigenvalue weighted by molar-refractivity contribution is 0.666. The second kappa shape index (κ2) is 15.5. The van der Waals surface area contributed by atoms with Gasteiger partial charge in [-0.05, 0) is 72.8 Å². The molecule has 0 fully saturated rings. The first kappa shape index (κ1) is 39.9. The summed E-state index contributed by atoms with van der Waals surface area (Å²) in [5, 5.41) is 19.9. The summed E-state index contributed by atoms with van der Waals surface area (Å²) < 4.78 is 14.1. The molecule has 8 heteroatoms. The second-order valence-corrected chi connectivity index (χ2v) is 18.3. The molecule has 8 nitrogen and oxygen atoms in total. The fourth-order valence-corrected chi connectivity index (χ4v) is 11.2. The maximum absolute atomic E-state index is 11.5. The molecule has 5 aromatic heterocycles. The van der Waals surface area contributed by atoms with E-state index in [-0.39, 0.29) is 0 Å². The van der Waals surface area contributed by atoms with Gasteiger partial charge in [-0.3, -0.25) is 0 Å². The summed E-state index contributed by atoms with van der Waals surface area (Å²) in [6.07, 6.45) is 0. The molecule has 0 saturated carbocycles. The molecular weight excluding hydrogens is 883 g/mol. The van der Waals surface area contributed by atoms with Crippen LogP contribution in [0.15, 0.2) is 229 Å². The lowest BCUT2D eigenvalue weighted by Crippen LogP contribution is -2.03. The van der Waals surface area contributed by atoms with Crippen molar-refractivity contribution in [3.05, 3.63) is 230 Å². The standard InChI is InChI=1S/C64H37N7O/c65-38-41-34-57(61-60(47-27-13-17-31-58(47)72-61)59(41)64-67-62(39-18-4-1-5-19-39)66-63(68-64)40-20-6-2-7-21-40)71-54-33-32-43(70-51-28-14-10-24-44(51)45-25-11-15-29-52(45)70)35-48(54)50-36-49-46-26-12-16-30-53(46)69(55(49)37-56(50)71)42-22-8-3-9-23-42/h1-37H. The zero-order chi connectivity index (χ0) is 47.4. The van der Waals surface area contributed by atoms with E-state index in [9.17, 15) is 5.26 Å². The first-order valence-electron chi connectivity index (χ1n) is 24.0. The molecule has 0 atom stereocenters. The van der Waals surface area contributed by atoms with Crippen LogP contribution in [-0.2, 0) is 0 Å². The molecule has 15 rings (SSSR count). The van der Waals surface area contributed by atoms with Crippen LogP contribution < -0.4 is 0 Å². The third kappa shape index (κ3) is 5.82. The van der Waals surface area contributed by atoms with Crippen LogP contribution in [-0.4, -0.2) is 28.7 Å². The van der Waals surface area contributed by atoms with Gasteiger partial charge in [0.15, 0.2) is 23.1 Å². The highest BCUT2D eigenvalue weighted by molar-refractivity contribution is 6.22. The van der Waals surface area contributed by atoms with Crippen molar-refractivity contribution < 1.29 is 4.42 Å². The number of hydrogen-bond acceptors (Lipinski definition) is 5. The van der Waals surface area contributed by atoms with Crippen LogP contribution in [0.1, 0.15) is 5.56 Å². The Morgan fingerprint density at radius 3 is 1.46 bits per heavy atom. The van der Waals surface area contributed by atoms with Crippen LogP contribution in [0, 0.1) is 11.3 Å². The van der Waals surface area contributed by atoms with Gasteiger partial charge in [0.05, 0.1) is 50.4 Å². The van der Waals surface area contributed by atoms with Crippen molar-refractivity contribution in [2.45, 2.75) is 0 Å². The van der Waals surface area contributed by atoms with Crippen molar-refractivity contribution in [1.82, 2.24) is 28.7 Å². The molecule has 0 aliphatic rings. The number of aromatic nitrogens is 6. The highest BCUT2D eigenvalue weighted by atomic mass is 16.3. The number of nitrogens with zero attached hydrogens (tertiary/aromatic N) is 7. The molecule has 0 radical (unpaired) electrons. The van der Waals surface area contributed by atoms with Gasteiger partial charge in [0.1, 0.15) is 5.58 Å². The molecule has 0 spiro atoms. The molecule has 334 valence electrons. The first-order chi connectivity index (χ1) is 35.7. The molecule has 0 aliphatic heterocycles. The first-order valence-corrected chi connectivity index (χ1v) is 24.0. The topological polar surface area (TPSA) is 90.4 Å². The predicted octanol–water partition coefficient (Wildman–Crippen LogP) is 15.9.